The predicted octanol–water partition coefficient (Wildman–Crippen LogP) is -0.836. The molecule has 0 spiro atoms. The van der Waals surface area contributed by atoms with Crippen molar-refractivity contribution in [3.05, 3.63) is 18.0 Å². The average Bonchev–Trinajstić information content (AvgIpc) is 1.80. The minimum absolute atomic E-state index is 0.0886. The normalized spacial score (nSPS) is 6.44. The first kappa shape index (κ1) is 7.99. The summed E-state index contributed by atoms with van der Waals surface area (Å²) in [5, 5.41) is 16.4. The molecule has 4 heteroatoms. The standard InChI is InChI=1S/C5H6BNO2/c1-2-3-4-7-5-6(8)9/h8-9H,1,5H2. The lowest BCUT2D eigenvalue weighted by atomic mass is 9.93. The summed E-state index contributed by atoms with van der Waals surface area (Å²) < 4.78 is 0. The van der Waals surface area contributed by atoms with E-state index in [9.17, 15) is 0 Å². The minimum atomic E-state index is -1.41. The quantitative estimate of drug-likeness (QED) is 0.286. The summed E-state index contributed by atoms with van der Waals surface area (Å²) in [6.45, 7) is 3.19. The van der Waals surface area contributed by atoms with Crippen molar-refractivity contribution in [2.75, 3.05) is 6.44 Å². The summed E-state index contributed by atoms with van der Waals surface area (Å²) in [5.41, 5.74) is 4.58. The molecule has 3 nitrogen and oxygen atoms in total. The van der Waals surface area contributed by atoms with Gasteiger partial charge in [-0.3, -0.25) is 0 Å². The second kappa shape index (κ2) is 5.14. The highest BCUT2D eigenvalue weighted by Crippen LogP contribution is 1.66. The highest BCUT2D eigenvalue weighted by molar-refractivity contribution is 6.41. The van der Waals surface area contributed by atoms with E-state index >= 15 is 0 Å². The molecule has 0 saturated heterocycles. The van der Waals surface area contributed by atoms with Crippen molar-refractivity contribution in [3.8, 4) is 0 Å². The summed E-state index contributed by atoms with van der Waals surface area (Å²) in [6, 6.07) is 0. The van der Waals surface area contributed by atoms with Gasteiger partial charge in [0.1, 0.15) is 0 Å². The van der Waals surface area contributed by atoms with Crippen LogP contribution in [0, 0.1) is 0 Å². The first-order valence-electron chi connectivity index (χ1n) is 2.32. The second-order valence-electron chi connectivity index (χ2n) is 1.23. The van der Waals surface area contributed by atoms with Crippen molar-refractivity contribution in [2.24, 2.45) is 4.99 Å². The number of nitrogens with zero attached hydrogens (tertiary/aromatic N) is 1. The van der Waals surface area contributed by atoms with E-state index in [0.717, 1.165) is 0 Å². The van der Waals surface area contributed by atoms with Crippen LogP contribution >= 0.6 is 0 Å². The SMILES string of the molecule is C=C=C=C=NCB(O)O. The van der Waals surface area contributed by atoms with Crippen molar-refractivity contribution in [1.82, 2.24) is 0 Å². The van der Waals surface area contributed by atoms with Crippen molar-refractivity contribution < 1.29 is 10.0 Å². The third kappa shape index (κ3) is 6.99. The Morgan fingerprint density at radius 1 is 1.56 bits per heavy atom. The van der Waals surface area contributed by atoms with Gasteiger partial charge in [-0.25, -0.2) is 4.99 Å². The van der Waals surface area contributed by atoms with E-state index in [1.165, 1.54) is 0 Å². The molecule has 0 unspecified atom stereocenters. The molecule has 0 aromatic heterocycles. The molecule has 0 bridgehead atoms. The monoisotopic (exact) mass is 123 g/mol. The van der Waals surface area contributed by atoms with Crippen molar-refractivity contribution >= 4 is 13.0 Å². The molecule has 0 atom stereocenters. The van der Waals surface area contributed by atoms with Crippen LogP contribution in [0.3, 0.4) is 0 Å². The Morgan fingerprint density at radius 2 is 2.22 bits per heavy atom. The maximum atomic E-state index is 8.21. The summed E-state index contributed by atoms with van der Waals surface area (Å²) in [6.07, 6.45) is -0.0886. The molecule has 0 aromatic carbocycles. The predicted molar refractivity (Wildman–Crippen MR) is 35.1 cm³/mol. The van der Waals surface area contributed by atoms with Crippen LogP contribution in [0.15, 0.2) is 23.0 Å². The fourth-order valence-corrected chi connectivity index (χ4v) is 0.206. The molecule has 0 fully saturated rings. The highest BCUT2D eigenvalue weighted by atomic mass is 16.4. The largest absolute Gasteiger partial charge is 0.475 e. The maximum Gasteiger partial charge on any atom is 0.475 e. The van der Waals surface area contributed by atoms with Gasteiger partial charge in [-0.2, -0.15) is 0 Å². The van der Waals surface area contributed by atoms with Gasteiger partial charge in [0, 0.05) is 11.6 Å². The molecule has 9 heavy (non-hydrogen) atoms. The lowest BCUT2D eigenvalue weighted by molar-refractivity contribution is 0.408. The molecule has 0 amide bonds. The van der Waals surface area contributed by atoms with E-state index in [-0.39, 0.29) is 6.44 Å². The third-order valence-electron chi connectivity index (χ3n) is 0.478. The molecule has 0 aliphatic carbocycles. The molecule has 0 heterocycles. The van der Waals surface area contributed by atoms with E-state index < -0.39 is 7.12 Å². The molecular formula is C5H6BNO2. The van der Waals surface area contributed by atoms with E-state index in [2.05, 4.69) is 28.9 Å². The van der Waals surface area contributed by atoms with Gasteiger partial charge in [0.05, 0.1) is 6.44 Å². The Bertz CT molecular complexity index is 183. The molecule has 0 aliphatic heterocycles. The zero-order chi connectivity index (χ0) is 7.11. The average molecular weight is 123 g/mol. The molecule has 2 N–H and O–H groups in total. The first-order chi connectivity index (χ1) is 4.27. The van der Waals surface area contributed by atoms with Gasteiger partial charge in [0.25, 0.3) is 0 Å². The molecular weight excluding hydrogens is 117 g/mol. The molecule has 0 saturated carbocycles. The van der Waals surface area contributed by atoms with Crippen LogP contribution in [-0.4, -0.2) is 29.5 Å². The second-order valence-corrected chi connectivity index (χ2v) is 1.23. The van der Waals surface area contributed by atoms with Crippen LogP contribution in [0.25, 0.3) is 0 Å². The van der Waals surface area contributed by atoms with Crippen molar-refractivity contribution in [3.63, 3.8) is 0 Å². The summed E-state index contributed by atoms with van der Waals surface area (Å²) >= 11 is 0. The number of rotatable bonds is 2. The summed E-state index contributed by atoms with van der Waals surface area (Å²) in [4.78, 5) is 3.40. The smallest absolute Gasteiger partial charge is 0.426 e. The van der Waals surface area contributed by atoms with Gasteiger partial charge in [0.2, 0.25) is 0 Å². The first-order valence-corrected chi connectivity index (χ1v) is 2.32. The third-order valence-corrected chi connectivity index (χ3v) is 0.478. The number of hydrogen-bond acceptors (Lipinski definition) is 3. The Hall–Kier alpha value is -1.01. The van der Waals surface area contributed by atoms with E-state index in [1.807, 2.05) is 0 Å². The van der Waals surface area contributed by atoms with Gasteiger partial charge < -0.3 is 10.0 Å². The van der Waals surface area contributed by atoms with Crippen LogP contribution in [-0.2, 0) is 0 Å². The van der Waals surface area contributed by atoms with Gasteiger partial charge in [-0.05, 0) is 6.58 Å². The molecule has 0 radical (unpaired) electrons. The Kier molecular flexibility index (Phi) is 4.56. The molecule has 0 aromatic rings. The fraction of sp³-hybridized carbons (Fsp3) is 0.200. The van der Waals surface area contributed by atoms with Gasteiger partial charge in [0.15, 0.2) is 0 Å². The Balaban J connectivity index is 3.74. The number of hydrogen-bond donors (Lipinski definition) is 2. The van der Waals surface area contributed by atoms with Gasteiger partial charge in [-0.1, -0.05) is 5.73 Å². The molecule has 0 rings (SSSR count). The van der Waals surface area contributed by atoms with Crippen molar-refractivity contribution in [1.29, 1.82) is 0 Å². The van der Waals surface area contributed by atoms with Gasteiger partial charge in [-0.15, -0.1) is 0 Å². The van der Waals surface area contributed by atoms with E-state index in [4.69, 9.17) is 10.0 Å². The summed E-state index contributed by atoms with van der Waals surface area (Å²) in [7, 11) is -1.41. The van der Waals surface area contributed by atoms with Crippen LogP contribution in [0.4, 0.5) is 0 Å². The zero-order valence-corrected chi connectivity index (χ0v) is 4.83. The number of aliphatic imine (C=N–C) groups is 1. The Morgan fingerprint density at radius 3 is 2.67 bits per heavy atom. The van der Waals surface area contributed by atoms with Crippen molar-refractivity contribution in [2.45, 2.75) is 0 Å². The summed E-state index contributed by atoms with van der Waals surface area (Å²) in [5.74, 6) is 2.25. The van der Waals surface area contributed by atoms with Crippen LogP contribution < -0.4 is 0 Å². The van der Waals surface area contributed by atoms with Gasteiger partial charge >= 0.3 is 7.12 Å². The molecule has 0 aliphatic rings. The highest BCUT2D eigenvalue weighted by Gasteiger charge is 2.01. The van der Waals surface area contributed by atoms with E-state index in [0.29, 0.717) is 0 Å². The van der Waals surface area contributed by atoms with Crippen LogP contribution in [0.1, 0.15) is 0 Å². The topological polar surface area (TPSA) is 52.8 Å². The fourth-order valence-electron chi connectivity index (χ4n) is 0.206. The molecule has 46 valence electrons. The van der Waals surface area contributed by atoms with Crippen LogP contribution in [0.2, 0.25) is 0 Å². The lowest BCUT2D eigenvalue weighted by Gasteiger charge is -1.83. The van der Waals surface area contributed by atoms with Crippen LogP contribution in [0.5, 0.6) is 0 Å². The van der Waals surface area contributed by atoms with E-state index in [1.54, 1.807) is 0 Å². The zero-order valence-electron chi connectivity index (χ0n) is 4.83. The minimum Gasteiger partial charge on any atom is -0.426 e. The Labute approximate surface area is 53.5 Å². The lowest BCUT2D eigenvalue weighted by Crippen LogP contribution is -2.15. The maximum absolute atomic E-state index is 8.21.